The van der Waals surface area contributed by atoms with E-state index in [-0.39, 0.29) is 17.9 Å². The number of benzene rings is 2. The molecular weight excluding hydrogens is 374 g/mol. The summed E-state index contributed by atoms with van der Waals surface area (Å²) in [5.41, 5.74) is 4.29. The van der Waals surface area contributed by atoms with Crippen molar-refractivity contribution >= 4 is 34.3 Å². The zero-order valence-corrected chi connectivity index (χ0v) is 16.3. The lowest BCUT2D eigenvalue weighted by atomic mass is 10.0. The molecule has 28 heavy (non-hydrogen) atoms. The van der Waals surface area contributed by atoms with Crippen LogP contribution in [0, 0.1) is 0 Å². The highest BCUT2D eigenvalue weighted by Gasteiger charge is 2.28. The normalized spacial score (nSPS) is 16.6. The summed E-state index contributed by atoms with van der Waals surface area (Å²) in [6, 6.07) is 13.0. The van der Waals surface area contributed by atoms with Gasteiger partial charge < -0.3 is 15.6 Å². The minimum absolute atomic E-state index is 0.0565. The van der Waals surface area contributed by atoms with Gasteiger partial charge in [0.1, 0.15) is 6.04 Å². The van der Waals surface area contributed by atoms with E-state index in [1.54, 1.807) is 0 Å². The van der Waals surface area contributed by atoms with Gasteiger partial charge in [-0.2, -0.15) is 0 Å². The van der Waals surface area contributed by atoms with Crippen LogP contribution in [0.5, 0.6) is 0 Å². The maximum Gasteiger partial charge on any atom is 0.243 e. The molecule has 1 aliphatic carbocycles. The molecule has 2 atom stereocenters. The number of para-hydroxylation sites is 1. The molecule has 1 aromatic heterocycles. The third-order valence-corrected chi connectivity index (χ3v) is 5.53. The molecule has 4 rings (SSSR count). The van der Waals surface area contributed by atoms with Gasteiger partial charge in [0.05, 0.1) is 6.04 Å². The number of aromatic nitrogens is 1. The lowest BCUT2D eigenvalue weighted by Gasteiger charge is -2.21. The van der Waals surface area contributed by atoms with Crippen molar-refractivity contribution in [1.82, 2.24) is 15.6 Å². The van der Waals surface area contributed by atoms with Crippen LogP contribution in [0.4, 0.5) is 0 Å². The topological polar surface area (TPSA) is 74.0 Å². The fraction of sp³-hybridized carbons (Fsp3) is 0.273. The molecule has 1 heterocycles. The number of hydrogen-bond donors (Lipinski definition) is 3. The fourth-order valence-corrected chi connectivity index (χ4v) is 4.18. The number of rotatable bonds is 5. The SMILES string of the molecule is CC(=O)NC(Cc1c[nH]c2ccccc12)C(=O)NC1CCc2cc(Cl)ccc21. The van der Waals surface area contributed by atoms with Crippen molar-refractivity contribution in [2.75, 3.05) is 0 Å². The van der Waals surface area contributed by atoms with Gasteiger partial charge in [0, 0.05) is 35.5 Å². The van der Waals surface area contributed by atoms with E-state index in [0.717, 1.165) is 34.9 Å². The molecule has 6 heteroatoms. The number of nitrogens with one attached hydrogen (secondary N) is 3. The highest BCUT2D eigenvalue weighted by Crippen LogP contribution is 2.33. The lowest BCUT2D eigenvalue weighted by molar-refractivity contribution is -0.128. The second-order valence-electron chi connectivity index (χ2n) is 7.26. The van der Waals surface area contributed by atoms with E-state index in [9.17, 15) is 9.59 Å². The van der Waals surface area contributed by atoms with Crippen LogP contribution in [0.3, 0.4) is 0 Å². The van der Waals surface area contributed by atoms with Gasteiger partial charge in [-0.1, -0.05) is 35.9 Å². The maximum atomic E-state index is 13.0. The van der Waals surface area contributed by atoms with E-state index < -0.39 is 6.04 Å². The van der Waals surface area contributed by atoms with Crippen molar-refractivity contribution in [3.05, 3.63) is 70.4 Å². The van der Waals surface area contributed by atoms with E-state index in [2.05, 4.69) is 15.6 Å². The summed E-state index contributed by atoms with van der Waals surface area (Å²) in [5, 5.41) is 7.69. The van der Waals surface area contributed by atoms with Crippen molar-refractivity contribution in [2.45, 2.75) is 38.3 Å². The quantitative estimate of drug-likeness (QED) is 0.616. The molecule has 5 nitrogen and oxygen atoms in total. The minimum Gasteiger partial charge on any atom is -0.361 e. The summed E-state index contributed by atoms with van der Waals surface area (Å²) in [5.74, 6) is -0.396. The Morgan fingerprint density at radius 3 is 2.89 bits per heavy atom. The Morgan fingerprint density at radius 1 is 1.25 bits per heavy atom. The number of halogens is 1. The van der Waals surface area contributed by atoms with Crippen LogP contribution in [0.15, 0.2) is 48.7 Å². The average molecular weight is 396 g/mol. The second-order valence-corrected chi connectivity index (χ2v) is 7.70. The Hall–Kier alpha value is -2.79. The molecular formula is C22H22ClN3O2. The average Bonchev–Trinajstić information content (AvgIpc) is 3.25. The minimum atomic E-state index is -0.631. The van der Waals surface area contributed by atoms with Crippen LogP contribution in [-0.4, -0.2) is 22.8 Å². The molecule has 0 saturated carbocycles. The number of fused-ring (bicyclic) bond motifs is 2. The predicted octanol–water partition coefficient (Wildman–Crippen LogP) is 3.67. The van der Waals surface area contributed by atoms with Crippen LogP contribution >= 0.6 is 11.6 Å². The highest BCUT2D eigenvalue weighted by molar-refractivity contribution is 6.30. The maximum absolute atomic E-state index is 13.0. The predicted molar refractivity (Wildman–Crippen MR) is 110 cm³/mol. The molecule has 0 radical (unpaired) electrons. The van der Waals surface area contributed by atoms with Gasteiger partial charge in [0.2, 0.25) is 11.8 Å². The van der Waals surface area contributed by atoms with Gasteiger partial charge in [-0.25, -0.2) is 0 Å². The number of hydrogen-bond acceptors (Lipinski definition) is 2. The summed E-state index contributed by atoms with van der Waals surface area (Å²) in [6.45, 7) is 1.43. The van der Waals surface area contributed by atoms with Crippen molar-refractivity contribution in [3.63, 3.8) is 0 Å². The van der Waals surface area contributed by atoms with Crippen molar-refractivity contribution in [3.8, 4) is 0 Å². The Kier molecular flexibility index (Phi) is 5.09. The zero-order chi connectivity index (χ0) is 19.7. The number of aromatic amines is 1. The fourth-order valence-electron chi connectivity index (χ4n) is 3.98. The largest absolute Gasteiger partial charge is 0.361 e. The van der Waals surface area contributed by atoms with Crippen LogP contribution in [0.1, 0.15) is 36.1 Å². The zero-order valence-electron chi connectivity index (χ0n) is 15.6. The van der Waals surface area contributed by atoms with Crippen LogP contribution < -0.4 is 10.6 Å². The molecule has 1 aliphatic rings. The summed E-state index contributed by atoms with van der Waals surface area (Å²) >= 11 is 6.07. The molecule has 3 aromatic rings. The number of carbonyl (C=O) groups is 2. The van der Waals surface area contributed by atoms with Gasteiger partial charge in [0.25, 0.3) is 0 Å². The molecule has 0 aliphatic heterocycles. The highest BCUT2D eigenvalue weighted by atomic mass is 35.5. The lowest BCUT2D eigenvalue weighted by Crippen LogP contribution is -2.48. The van der Waals surface area contributed by atoms with Crippen LogP contribution in [0.25, 0.3) is 10.9 Å². The first-order chi connectivity index (χ1) is 13.5. The molecule has 144 valence electrons. The van der Waals surface area contributed by atoms with Gasteiger partial charge in [-0.05, 0) is 47.7 Å². The van der Waals surface area contributed by atoms with Gasteiger partial charge in [-0.15, -0.1) is 0 Å². The van der Waals surface area contributed by atoms with E-state index in [1.807, 2.05) is 48.7 Å². The Morgan fingerprint density at radius 2 is 2.07 bits per heavy atom. The van der Waals surface area contributed by atoms with Crippen molar-refractivity contribution in [2.24, 2.45) is 0 Å². The summed E-state index contributed by atoms with van der Waals surface area (Å²) < 4.78 is 0. The number of H-pyrrole nitrogens is 1. The number of amides is 2. The van der Waals surface area contributed by atoms with Crippen molar-refractivity contribution in [1.29, 1.82) is 0 Å². The molecule has 2 unspecified atom stereocenters. The van der Waals surface area contributed by atoms with E-state index >= 15 is 0 Å². The monoisotopic (exact) mass is 395 g/mol. The van der Waals surface area contributed by atoms with Crippen LogP contribution in [-0.2, 0) is 22.4 Å². The van der Waals surface area contributed by atoms with Crippen LogP contribution in [0.2, 0.25) is 5.02 Å². The van der Waals surface area contributed by atoms with E-state index in [0.29, 0.717) is 11.4 Å². The standard InChI is InChI=1S/C22H22ClN3O2/c1-13(27)25-21(11-15-12-24-19-5-3-2-4-17(15)19)22(28)26-20-9-6-14-10-16(23)7-8-18(14)20/h2-5,7-8,10,12,20-21,24H,6,9,11H2,1H3,(H,25,27)(H,26,28). The van der Waals surface area contributed by atoms with Gasteiger partial charge in [0.15, 0.2) is 0 Å². The molecule has 0 bridgehead atoms. The summed E-state index contributed by atoms with van der Waals surface area (Å²) in [4.78, 5) is 27.9. The molecule has 0 saturated heterocycles. The second kappa shape index (κ2) is 7.68. The Labute approximate surface area is 168 Å². The molecule has 0 fully saturated rings. The Bertz CT molecular complexity index is 1040. The first-order valence-corrected chi connectivity index (χ1v) is 9.80. The third kappa shape index (κ3) is 3.76. The molecule has 2 amide bonds. The van der Waals surface area contributed by atoms with Crippen molar-refractivity contribution < 1.29 is 9.59 Å². The third-order valence-electron chi connectivity index (χ3n) is 5.29. The summed E-state index contributed by atoms with van der Waals surface area (Å²) in [7, 11) is 0. The number of aryl methyl sites for hydroxylation is 1. The van der Waals surface area contributed by atoms with Gasteiger partial charge in [-0.3, -0.25) is 9.59 Å². The summed E-state index contributed by atoms with van der Waals surface area (Å²) in [6.07, 6.45) is 4.05. The molecule has 3 N–H and O–H groups in total. The smallest absolute Gasteiger partial charge is 0.243 e. The Balaban J connectivity index is 1.53. The van der Waals surface area contributed by atoms with E-state index in [1.165, 1.54) is 12.5 Å². The van der Waals surface area contributed by atoms with E-state index in [4.69, 9.17) is 11.6 Å². The molecule has 2 aromatic carbocycles. The number of carbonyl (C=O) groups excluding carboxylic acids is 2. The van der Waals surface area contributed by atoms with Gasteiger partial charge >= 0.3 is 0 Å². The first-order valence-electron chi connectivity index (χ1n) is 9.42. The molecule has 0 spiro atoms. The first kappa shape index (κ1) is 18.6.